The summed E-state index contributed by atoms with van der Waals surface area (Å²) in [6, 6.07) is 7.96. The molecule has 0 saturated carbocycles. The van der Waals surface area contributed by atoms with Crippen molar-refractivity contribution in [1.82, 2.24) is 14.9 Å². The average molecular weight is 672 g/mol. The quantitative estimate of drug-likeness (QED) is 0.218. The zero-order chi connectivity index (χ0) is 33.8. The molecule has 3 aromatic rings. The predicted molar refractivity (Wildman–Crippen MR) is 172 cm³/mol. The Hall–Kier alpha value is -4.47. The van der Waals surface area contributed by atoms with Gasteiger partial charge in [0.05, 0.1) is 55.6 Å². The van der Waals surface area contributed by atoms with E-state index < -0.39 is 23.6 Å². The number of halogens is 4. The summed E-state index contributed by atoms with van der Waals surface area (Å²) in [6.07, 6.45) is -0.207. The van der Waals surface area contributed by atoms with E-state index in [1.165, 1.54) is 42.8 Å². The summed E-state index contributed by atoms with van der Waals surface area (Å²) in [6.45, 7) is 8.66. The van der Waals surface area contributed by atoms with Gasteiger partial charge in [0, 0.05) is 56.3 Å². The minimum absolute atomic E-state index is 0.149. The number of aromatic nitrogens is 2. The lowest BCUT2D eigenvalue weighted by Gasteiger charge is -2.41. The molecule has 3 aliphatic heterocycles. The van der Waals surface area contributed by atoms with Crippen molar-refractivity contribution < 1.29 is 36.7 Å². The van der Waals surface area contributed by atoms with Crippen molar-refractivity contribution in [2.24, 2.45) is 0 Å². The number of anilines is 5. The van der Waals surface area contributed by atoms with Crippen LogP contribution >= 0.6 is 0 Å². The number of hydrogen-bond acceptors (Lipinski definition) is 10. The van der Waals surface area contributed by atoms with Crippen molar-refractivity contribution in [1.29, 1.82) is 0 Å². The van der Waals surface area contributed by atoms with Crippen molar-refractivity contribution >= 4 is 34.6 Å². The molecular weight excluding hydrogens is 634 g/mol. The predicted octanol–water partition coefficient (Wildman–Crippen LogP) is 5.70. The summed E-state index contributed by atoms with van der Waals surface area (Å²) in [5.74, 6) is -0.720. The second-order valence-corrected chi connectivity index (χ2v) is 11.7. The first-order chi connectivity index (χ1) is 23.2. The fourth-order valence-corrected chi connectivity index (χ4v) is 6.47. The third kappa shape index (κ3) is 7.17. The van der Waals surface area contributed by atoms with Crippen LogP contribution in [0.4, 0.5) is 46.3 Å². The van der Waals surface area contributed by atoms with Crippen molar-refractivity contribution in [2.45, 2.75) is 37.5 Å². The number of methoxy groups -OCH3 is 1. The molecular formula is C33H37F4N7O4. The Bertz CT molecular complexity index is 1630. The summed E-state index contributed by atoms with van der Waals surface area (Å²) in [4.78, 5) is 31.5. The van der Waals surface area contributed by atoms with Crippen molar-refractivity contribution in [2.75, 3.05) is 73.7 Å². The van der Waals surface area contributed by atoms with E-state index >= 15 is 4.39 Å². The number of nitrogens with one attached hydrogen (secondary N) is 2. The molecule has 3 fully saturated rings. The zero-order valence-corrected chi connectivity index (χ0v) is 26.4. The smallest absolute Gasteiger partial charge is 0.419 e. The van der Waals surface area contributed by atoms with Crippen molar-refractivity contribution in [3.8, 4) is 5.75 Å². The van der Waals surface area contributed by atoms with E-state index in [0.717, 1.165) is 57.9 Å². The van der Waals surface area contributed by atoms with Crippen LogP contribution in [0.15, 0.2) is 55.4 Å². The van der Waals surface area contributed by atoms with Crippen LogP contribution in [0.2, 0.25) is 0 Å². The molecule has 4 heterocycles. The summed E-state index contributed by atoms with van der Waals surface area (Å²) in [5.41, 5.74) is 0.340. The summed E-state index contributed by atoms with van der Waals surface area (Å²) >= 11 is 0. The molecule has 3 saturated heterocycles. The SMILES string of the molecule is C=CC(=O)Nc1cc(Nc2cc(N3OCC[C@@H]3c3cccc(C(F)(F)F)c3F)ncn2)c(OC)cc1N1CCC(N2CCOCC2)CC1. The molecule has 1 amide bonds. The number of rotatable bonds is 9. The van der Waals surface area contributed by atoms with Gasteiger partial charge in [-0.15, -0.1) is 0 Å². The van der Waals surface area contributed by atoms with E-state index in [-0.39, 0.29) is 30.3 Å². The summed E-state index contributed by atoms with van der Waals surface area (Å²) in [7, 11) is 1.54. The molecule has 2 N–H and O–H groups in total. The lowest BCUT2D eigenvalue weighted by atomic mass is 10.0. The highest BCUT2D eigenvalue weighted by atomic mass is 19.4. The molecule has 15 heteroatoms. The van der Waals surface area contributed by atoms with Gasteiger partial charge in [-0.1, -0.05) is 18.7 Å². The van der Waals surface area contributed by atoms with Crippen LogP contribution in [0.1, 0.15) is 36.4 Å². The highest BCUT2D eigenvalue weighted by Gasteiger charge is 2.38. The monoisotopic (exact) mass is 671 g/mol. The number of amides is 1. The lowest BCUT2D eigenvalue weighted by Crippen LogP contribution is -2.49. The number of hydrogen-bond donors (Lipinski definition) is 2. The standard InChI is InChI=1S/C33H37F4N7O4/c1-3-31(45)41-24-17-25(28(46-2)18-27(24)43-10-7-21(8-11-43)42-12-15-47-16-13-42)40-29-19-30(39-20-38-29)44-26(9-14-48-44)22-5-4-6-23(32(22)34)33(35,36)37/h3-6,17-21,26H,1,7-16H2,2H3,(H,41,45)(H,38,39,40)/t26-/m1/s1. The molecule has 6 rings (SSSR count). The maximum Gasteiger partial charge on any atom is 0.419 e. The molecule has 1 aromatic heterocycles. The van der Waals surface area contributed by atoms with Gasteiger partial charge in [0.2, 0.25) is 5.91 Å². The van der Waals surface area contributed by atoms with E-state index in [1.54, 1.807) is 6.07 Å². The molecule has 0 aliphatic carbocycles. The number of hydroxylamine groups is 1. The van der Waals surface area contributed by atoms with Gasteiger partial charge in [0.15, 0.2) is 5.82 Å². The number of nitrogens with zero attached hydrogens (tertiary/aromatic N) is 5. The number of ether oxygens (including phenoxy) is 2. The Kier molecular flexibility index (Phi) is 9.99. The first-order valence-corrected chi connectivity index (χ1v) is 15.7. The van der Waals surface area contributed by atoms with Crippen LogP contribution in [0.25, 0.3) is 0 Å². The van der Waals surface area contributed by atoms with Crippen LogP contribution in [0.5, 0.6) is 5.75 Å². The highest BCUT2D eigenvalue weighted by Crippen LogP contribution is 2.42. The number of carbonyl (C=O) groups excluding carboxylic acids is 1. The molecule has 0 bridgehead atoms. The second-order valence-electron chi connectivity index (χ2n) is 11.7. The number of carbonyl (C=O) groups is 1. The minimum Gasteiger partial charge on any atom is -0.494 e. The van der Waals surface area contributed by atoms with E-state index in [9.17, 15) is 18.0 Å². The molecule has 1 atom stereocenters. The normalized spacial score (nSPS) is 19.3. The Labute approximate surface area is 275 Å². The highest BCUT2D eigenvalue weighted by molar-refractivity contribution is 6.02. The zero-order valence-electron chi connectivity index (χ0n) is 26.4. The topological polar surface area (TPSA) is 104 Å². The number of piperidine rings is 1. The first kappa shape index (κ1) is 33.4. The second kappa shape index (κ2) is 14.3. The summed E-state index contributed by atoms with van der Waals surface area (Å²) in [5, 5.41) is 7.40. The molecule has 0 spiro atoms. The molecule has 11 nitrogen and oxygen atoms in total. The summed E-state index contributed by atoms with van der Waals surface area (Å²) < 4.78 is 66.6. The first-order valence-electron chi connectivity index (χ1n) is 15.7. The molecule has 48 heavy (non-hydrogen) atoms. The van der Waals surface area contributed by atoms with Crippen LogP contribution in [0.3, 0.4) is 0 Å². The van der Waals surface area contributed by atoms with Gasteiger partial charge in [-0.3, -0.25) is 14.5 Å². The molecule has 3 aliphatic rings. The number of alkyl halides is 3. The third-order valence-corrected chi connectivity index (χ3v) is 8.87. The Morgan fingerprint density at radius 1 is 1.04 bits per heavy atom. The minimum atomic E-state index is -4.84. The Morgan fingerprint density at radius 2 is 1.81 bits per heavy atom. The van der Waals surface area contributed by atoms with Gasteiger partial charge in [-0.05, 0) is 31.1 Å². The van der Waals surface area contributed by atoms with Gasteiger partial charge in [0.1, 0.15) is 23.7 Å². The van der Waals surface area contributed by atoms with Gasteiger partial charge in [-0.2, -0.15) is 13.2 Å². The average Bonchev–Trinajstić information content (AvgIpc) is 3.58. The molecule has 2 aromatic carbocycles. The van der Waals surface area contributed by atoms with Crippen LogP contribution < -0.4 is 25.3 Å². The largest absolute Gasteiger partial charge is 0.494 e. The Morgan fingerprint density at radius 3 is 2.52 bits per heavy atom. The lowest BCUT2D eigenvalue weighted by molar-refractivity contribution is -0.140. The van der Waals surface area contributed by atoms with Gasteiger partial charge < -0.3 is 25.0 Å². The van der Waals surface area contributed by atoms with Crippen LogP contribution in [-0.4, -0.2) is 79.9 Å². The molecule has 0 unspecified atom stereocenters. The number of benzene rings is 2. The fraction of sp³-hybridized carbons (Fsp3) is 0.424. The molecule has 0 radical (unpaired) electrons. The molecule has 256 valence electrons. The van der Waals surface area contributed by atoms with Gasteiger partial charge in [0.25, 0.3) is 0 Å². The maximum absolute atomic E-state index is 15.1. The van der Waals surface area contributed by atoms with Gasteiger partial charge in [-0.25, -0.2) is 19.4 Å². The third-order valence-electron chi connectivity index (χ3n) is 8.87. The Balaban J connectivity index is 1.25. The van der Waals surface area contributed by atoms with E-state index in [0.29, 0.717) is 35.1 Å². The van der Waals surface area contributed by atoms with Crippen LogP contribution in [0, 0.1) is 5.82 Å². The van der Waals surface area contributed by atoms with Crippen LogP contribution in [-0.2, 0) is 20.5 Å². The van der Waals surface area contributed by atoms with Crippen molar-refractivity contribution in [3.05, 3.63) is 72.3 Å². The van der Waals surface area contributed by atoms with Crippen molar-refractivity contribution in [3.63, 3.8) is 0 Å². The van der Waals surface area contributed by atoms with E-state index in [4.69, 9.17) is 14.3 Å². The van der Waals surface area contributed by atoms with Gasteiger partial charge >= 0.3 is 6.18 Å². The maximum atomic E-state index is 15.1. The van der Waals surface area contributed by atoms with E-state index in [2.05, 4.69) is 37.0 Å². The van der Waals surface area contributed by atoms with E-state index in [1.807, 2.05) is 6.07 Å². The number of morpholine rings is 1. The fourth-order valence-electron chi connectivity index (χ4n) is 6.47.